The van der Waals surface area contributed by atoms with Gasteiger partial charge in [-0.3, -0.25) is 0 Å². The van der Waals surface area contributed by atoms with Crippen molar-refractivity contribution >= 4 is 5.97 Å². The number of hydrogen-bond acceptors (Lipinski definition) is 1. The van der Waals surface area contributed by atoms with Crippen LogP contribution in [0.4, 0.5) is 0 Å². The predicted octanol–water partition coefficient (Wildman–Crippen LogP) is 5.91. The molecule has 2 nitrogen and oxygen atoms in total. The van der Waals surface area contributed by atoms with Crippen LogP contribution in [0.25, 0.3) is 0 Å². The van der Waals surface area contributed by atoms with E-state index < -0.39 is 5.97 Å². The number of hydrogen-bond donors (Lipinski definition) is 1. The Kier molecular flexibility index (Phi) is 10.4. The quantitative estimate of drug-likeness (QED) is 0.293. The summed E-state index contributed by atoms with van der Waals surface area (Å²) >= 11 is 0. The number of carboxylic acids is 1. The Morgan fingerprint density at radius 2 is 1.73 bits per heavy atom. The van der Waals surface area contributed by atoms with E-state index in [0.29, 0.717) is 0 Å². The maximum atomic E-state index is 10.3. The zero-order chi connectivity index (χ0) is 16.0. The van der Waals surface area contributed by atoms with Crippen LogP contribution in [0.15, 0.2) is 36.5 Å². The van der Waals surface area contributed by atoms with E-state index in [1.54, 1.807) is 12.2 Å². The molecule has 1 N–H and O–H groups in total. The molecule has 2 atom stereocenters. The van der Waals surface area contributed by atoms with Gasteiger partial charge in [0.2, 0.25) is 0 Å². The third-order valence-electron chi connectivity index (χ3n) is 4.58. The van der Waals surface area contributed by atoms with Gasteiger partial charge in [-0.1, -0.05) is 82.2 Å². The van der Waals surface area contributed by atoms with Crippen LogP contribution in [0.3, 0.4) is 0 Å². The fraction of sp³-hybridized carbons (Fsp3) is 0.650. The zero-order valence-electron chi connectivity index (χ0n) is 14.0. The van der Waals surface area contributed by atoms with Crippen molar-refractivity contribution in [1.29, 1.82) is 0 Å². The molecule has 0 aromatic rings. The Balaban J connectivity index is 2.20. The van der Waals surface area contributed by atoms with Gasteiger partial charge in [0.25, 0.3) is 0 Å². The van der Waals surface area contributed by atoms with Crippen LogP contribution in [0.5, 0.6) is 0 Å². The summed E-state index contributed by atoms with van der Waals surface area (Å²) in [5.41, 5.74) is 0. The lowest BCUT2D eigenvalue weighted by atomic mass is 9.90. The van der Waals surface area contributed by atoms with Crippen LogP contribution in [0.1, 0.15) is 71.1 Å². The minimum Gasteiger partial charge on any atom is -0.478 e. The maximum absolute atomic E-state index is 10.3. The maximum Gasteiger partial charge on any atom is 0.328 e. The first kappa shape index (κ1) is 18.7. The standard InChI is InChI=1S/C20H32O2/c1-2-3-4-5-6-9-13-18-15-12-16-19(18)14-10-7-8-11-17-20(21)22/h7-8,10-11,14,17-19H,2-6,9,12-13,15-16H2,1H3,(H,21,22)/t18-,19-/m0/s1. The Morgan fingerprint density at radius 1 is 1.00 bits per heavy atom. The molecule has 0 spiro atoms. The molecule has 1 aliphatic rings. The highest BCUT2D eigenvalue weighted by Gasteiger charge is 2.24. The highest BCUT2D eigenvalue weighted by Crippen LogP contribution is 2.36. The number of rotatable bonds is 11. The molecule has 0 aliphatic heterocycles. The van der Waals surface area contributed by atoms with Crippen LogP contribution < -0.4 is 0 Å². The zero-order valence-corrected chi connectivity index (χ0v) is 14.0. The van der Waals surface area contributed by atoms with Gasteiger partial charge in [-0.25, -0.2) is 4.79 Å². The Hall–Kier alpha value is -1.31. The first-order valence-electron chi connectivity index (χ1n) is 8.98. The number of allylic oxidation sites excluding steroid dienone is 5. The van der Waals surface area contributed by atoms with E-state index in [1.807, 2.05) is 6.08 Å². The van der Waals surface area contributed by atoms with Gasteiger partial charge in [0.1, 0.15) is 0 Å². The van der Waals surface area contributed by atoms with Crippen molar-refractivity contribution in [3.8, 4) is 0 Å². The van der Waals surface area contributed by atoms with Crippen LogP contribution >= 0.6 is 0 Å². The lowest BCUT2D eigenvalue weighted by Gasteiger charge is -2.15. The van der Waals surface area contributed by atoms with Gasteiger partial charge in [-0.2, -0.15) is 0 Å². The summed E-state index contributed by atoms with van der Waals surface area (Å²) in [6, 6.07) is 0. The summed E-state index contributed by atoms with van der Waals surface area (Å²) in [7, 11) is 0. The Morgan fingerprint density at radius 3 is 2.50 bits per heavy atom. The predicted molar refractivity (Wildman–Crippen MR) is 93.9 cm³/mol. The second kappa shape index (κ2) is 12.3. The molecule has 0 radical (unpaired) electrons. The highest BCUT2D eigenvalue weighted by molar-refractivity contribution is 5.80. The molecular weight excluding hydrogens is 272 g/mol. The molecule has 1 rings (SSSR count). The van der Waals surface area contributed by atoms with Crippen molar-refractivity contribution in [2.75, 3.05) is 0 Å². The van der Waals surface area contributed by atoms with Gasteiger partial charge in [0.05, 0.1) is 0 Å². The average molecular weight is 304 g/mol. The molecular formula is C20H32O2. The fourth-order valence-corrected chi connectivity index (χ4v) is 3.34. The van der Waals surface area contributed by atoms with Crippen molar-refractivity contribution in [2.45, 2.75) is 71.1 Å². The number of carbonyl (C=O) groups is 1. The average Bonchev–Trinajstić information content (AvgIpc) is 2.93. The van der Waals surface area contributed by atoms with E-state index in [1.165, 1.54) is 64.2 Å². The topological polar surface area (TPSA) is 37.3 Å². The van der Waals surface area contributed by atoms with Gasteiger partial charge in [-0.05, 0) is 31.1 Å². The van der Waals surface area contributed by atoms with Gasteiger partial charge in [0, 0.05) is 6.08 Å². The molecule has 2 heteroatoms. The van der Waals surface area contributed by atoms with Crippen molar-refractivity contribution in [1.82, 2.24) is 0 Å². The second-order valence-corrected chi connectivity index (χ2v) is 6.38. The van der Waals surface area contributed by atoms with Crippen molar-refractivity contribution < 1.29 is 9.90 Å². The monoisotopic (exact) mass is 304 g/mol. The van der Waals surface area contributed by atoms with Gasteiger partial charge >= 0.3 is 5.97 Å². The first-order chi connectivity index (χ1) is 10.7. The molecule has 0 amide bonds. The third kappa shape index (κ3) is 8.86. The van der Waals surface area contributed by atoms with Crippen LogP contribution in [-0.4, -0.2) is 11.1 Å². The summed E-state index contributed by atoms with van der Waals surface area (Å²) in [6.45, 7) is 2.27. The third-order valence-corrected chi connectivity index (χ3v) is 4.58. The number of carboxylic acid groups (broad SMARTS) is 1. The number of unbranched alkanes of at least 4 members (excludes halogenated alkanes) is 5. The molecule has 0 bridgehead atoms. The Bertz CT molecular complexity index is 379. The first-order valence-corrected chi connectivity index (χ1v) is 8.98. The van der Waals surface area contributed by atoms with E-state index in [4.69, 9.17) is 5.11 Å². The van der Waals surface area contributed by atoms with Crippen LogP contribution in [-0.2, 0) is 4.79 Å². The largest absolute Gasteiger partial charge is 0.478 e. The van der Waals surface area contributed by atoms with E-state index in [-0.39, 0.29) is 0 Å². The normalized spacial score (nSPS) is 22.4. The van der Waals surface area contributed by atoms with Crippen LogP contribution in [0.2, 0.25) is 0 Å². The number of aliphatic carboxylic acids is 1. The molecule has 1 fully saturated rings. The van der Waals surface area contributed by atoms with Gasteiger partial charge < -0.3 is 5.11 Å². The minimum atomic E-state index is -0.900. The smallest absolute Gasteiger partial charge is 0.328 e. The highest BCUT2D eigenvalue weighted by atomic mass is 16.4. The molecule has 1 aliphatic carbocycles. The van der Waals surface area contributed by atoms with Crippen molar-refractivity contribution in [2.24, 2.45) is 11.8 Å². The SMILES string of the molecule is CCCCCCCC[C@H]1CCC[C@@H]1C=CC=CC=CC(=O)O. The van der Waals surface area contributed by atoms with E-state index in [0.717, 1.165) is 17.9 Å². The van der Waals surface area contributed by atoms with Gasteiger partial charge in [0.15, 0.2) is 0 Å². The van der Waals surface area contributed by atoms with Crippen LogP contribution in [0, 0.1) is 11.8 Å². The summed E-state index contributed by atoms with van der Waals surface area (Å²) in [4.78, 5) is 10.3. The summed E-state index contributed by atoms with van der Waals surface area (Å²) in [6.07, 6.45) is 24.6. The van der Waals surface area contributed by atoms with Crippen molar-refractivity contribution in [3.05, 3.63) is 36.5 Å². The lowest BCUT2D eigenvalue weighted by Crippen LogP contribution is -2.04. The summed E-state index contributed by atoms with van der Waals surface area (Å²) in [5, 5.41) is 8.49. The summed E-state index contributed by atoms with van der Waals surface area (Å²) in [5.74, 6) is 0.692. The Labute approximate surface area is 136 Å². The molecule has 0 unspecified atom stereocenters. The van der Waals surface area contributed by atoms with E-state index >= 15 is 0 Å². The molecule has 22 heavy (non-hydrogen) atoms. The molecule has 0 aromatic heterocycles. The molecule has 0 saturated heterocycles. The molecule has 0 heterocycles. The minimum absolute atomic E-state index is 0.726. The summed E-state index contributed by atoms with van der Waals surface area (Å²) < 4.78 is 0. The molecule has 0 aromatic carbocycles. The molecule has 124 valence electrons. The lowest BCUT2D eigenvalue weighted by molar-refractivity contribution is -0.131. The fourth-order valence-electron chi connectivity index (χ4n) is 3.34. The molecule has 1 saturated carbocycles. The second-order valence-electron chi connectivity index (χ2n) is 6.38. The van der Waals surface area contributed by atoms with Crippen molar-refractivity contribution in [3.63, 3.8) is 0 Å². The van der Waals surface area contributed by atoms with Gasteiger partial charge in [-0.15, -0.1) is 0 Å². The van der Waals surface area contributed by atoms with E-state index in [2.05, 4.69) is 19.1 Å². The van der Waals surface area contributed by atoms with E-state index in [9.17, 15) is 4.79 Å².